The first-order valence-corrected chi connectivity index (χ1v) is 8.07. The van der Waals surface area contributed by atoms with Gasteiger partial charge in [0.1, 0.15) is 6.54 Å². The maximum atomic E-state index is 11.8. The van der Waals surface area contributed by atoms with Crippen molar-refractivity contribution in [1.29, 1.82) is 0 Å². The summed E-state index contributed by atoms with van der Waals surface area (Å²) in [5, 5.41) is 6.18. The molecular weight excluding hydrogens is 294 g/mol. The molecule has 128 valence electrons. The van der Waals surface area contributed by atoms with Crippen LogP contribution in [0.5, 0.6) is 0 Å². The summed E-state index contributed by atoms with van der Waals surface area (Å²) in [5.41, 5.74) is -0.00246. The number of nitrogens with one attached hydrogen (secondary N) is 2. The lowest BCUT2D eigenvalue weighted by Gasteiger charge is -2.40. The number of guanidine groups is 1. The van der Waals surface area contributed by atoms with E-state index >= 15 is 0 Å². The van der Waals surface area contributed by atoms with Gasteiger partial charge in [-0.15, -0.1) is 6.58 Å². The lowest BCUT2D eigenvalue weighted by molar-refractivity contribution is -0.127. The van der Waals surface area contributed by atoms with Crippen LogP contribution in [0.3, 0.4) is 0 Å². The second-order valence-corrected chi connectivity index (χ2v) is 6.58. The molecule has 7 heteroatoms. The Morgan fingerprint density at radius 2 is 2.35 bits per heavy atom. The minimum Gasteiger partial charge on any atom is -0.355 e. The number of likely N-dealkylation sites (tertiary alicyclic amines) is 1. The fraction of sp³-hybridized carbons (Fsp3) is 0.688. The average Bonchev–Trinajstić information content (AvgIpc) is 2.87. The Labute approximate surface area is 137 Å². The fourth-order valence-corrected chi connectivity index (χ4v) is 3.14. The SMILES string of the molecule is C=CCNC(=NCC(=O)N(C)C)N1CCCC2(CNC(=O)C2)C1. The molecule has 2 N–H and O–H groups in total. The third-order valence-corrected chi connectivity index (χ3v) is 4.42. The summed E-state index contributed by atoms with van der Waals surface area (Å²) in [4.78, 5) is 31.6. The molecule has 0 aromatic carbocycles. The molecule has 0 bridgehead atoms. The molecule has 1 atom stereocenters. The van der Waals surface area contributed by atoms with Gasteiger partial charge in [0, 0.05) is 52.1 Å². The Morgan fingerprint density at radius 3 is 2.96 bits per heavy atom. The number of hydrogen-bond acceptors (Lipinski definition) is 3. The van der Waals surface area contributed by atoms with Crippen molar-refractivity contribution in [3.05, 3.63) is 12.7 Å². The van der Waals surface area contributed by atoms with Crippen LogP contribution in [-0.4, -0.2) is 74.4 Å². The van der Waals surface area contributed by atoms with Gasteiger partial charge in [0.15, 0.2) is 5.96 Å². The summed E-state index contributed by atoms with van der Waals surface area (Å²) in [5.74, 6) is 0.818. The van der Waals surface area contributed by atoms with E-state index in [1.807, 2.05) is 0 Å². The zero-order valence-corrected chi connectivity index (χ0v) is 14.1. The highest BCUT2D eigenvalue weighted by Crippen LogP contribution is 2.35. The van der Waals surface area contributed by atoms with Crippen LogP contribution in [0, 0.1) is 5.41 Å². The lowest BCUT2D eigenvalue weighted by Crippen LogP contribution is -2.51. The van der Waals surface area contributed by atoms with Gasteiger partial charge in [-0.3, -0.25) is 9.59 Å². The third kappa shape index (κ3) is 4.46. The Hall–Kier alpha value is -2.05. The Balaban J connectivity index is 2.08. The van der Waals surface area contributed by atoms with E-state index in [0.29, 0.717) is 13.0 Å². The van der Waals surface area contributed by atoms with Gasteiger partial charge in [0.25, 0.3) is 0 Å². The molecule has 0 aromatic rings. The van der Waals surface area contributed by atoms with Gasteiger partial charge in [-0.2, -0.15) is 0 Å². The van der Waals surface area contributed by atoms with Gasteiger partial charge in [-0.1, -0.05) is 6.08 Å². The zero-order chi connectivity index (χ0) is 16.9. The number of piperidine rings is 1. The smallest absolute Gasteiger partial charge is 0.243 e. The molecule has 23 heavy (non-hydrogen) atoms. The first-order valence-electron chi connectivity index (χ1n) is 8.07. The molecule has 2 saturated heterocycles. The Morgan fingerprint density at radius 1 is 1.57 bits per heavy atom. The maximum Gasteiger partial charge on any atom is 0.243 e. The van der Waals surface area contributed by atoms with Crippen LogP contribution in [0.25, 0.3) is 0 Å². The Bertz CT molecular complexity index is 503. The largest absolute Gasteiger partial charge is 0.355 e. The standard InChI is InChI=1S/C16H27N5O2/c1-4-7-17-15(18-10-14(23)20(2)3)21-8-5-6-16(12-21)9-13(22)19-11-16/h4H,1,5-12H2,2-3H3,(H,17,18)(H,19,22). The molecule has 0 aliphatic carbocycles. The molecule has 2 rings (SSSR count). The molecule has 2 aliphatic rings. The molecular formula is C16H27N5O2. The van der Waals surface area contributed by atoms with Crippen LogP contribution in [-0.2, 0) is 9.59 Å². The van der Waals surface area contributed by atoms with Gasteiger partial charge in [0.05, 0.1) is 0 Å². The van der Waals surface area contributed by atoms with Crippen molar-refractivity contribution < 1.29 is 9.59 Å². The van der Waals surface area contributed by atoms with Crippen molar-refractivity contribution in [2.75, 3.05) is 46.8 Å². The van der Waals surface area contributed by atoms with Crippen molar-refractivity contribution in [1.82, 2.24) is 20.4 Å². The van der Waals surface area contributed by atoms with Gasteiger partial charge in [0.2, 0.25) is 11.8 Å². The third-order valence-electron chi connectivity index (χ3n) is 4.42. The number of hydrogen-bond donors (Lipinski definition) is 2. The van der Waals surface area contributed by atoms with Crippen molar-refractivity contribution in [3.8, 4) is 0 Å². The average molecular weight is 321 g/mol. The summed E-state index contributed by atoms with van der Waals surface area (Å²) < 4.78 is 0. The van der Waals surface area contributed by atoms with E-state index < -0.39 is 0 Å². The first-order chi connectivity index (χ1) is 11.0. The van der Waals surface area contributed by atoms with E-state index in [-0.39, 0.29) is 23.8 Å². The van der Waals surface area contributed by atoms with Crippen molar-refractivity contribution in [2.45, 2.75) is 19.3 Å². The quantitative estimate of drug-likeness (QED) is 0.427. The molecule has 0 radical (unpaired) electrons. The molecule has 1 unspecified atom stereocenters. The molecule has 7 nitrogen and oxygen atoms in total. The van der Waals surface area contributed by atoms with Crippen LogP contribution < -0.4 is 10.6 Å². The molecule has 1 spiro atoms. The number of amides is 2. The molecule has 2 heterocycles. The predicted molar refractivity (Wildman–Crippen MR) is 90.1 cm³/mol. The number of likely N-dealkylation sites (N-methyl/N-ethyl adjacent to an activating group) is 1. The first kappa shape index (κ1) is 17.3. The van der Waals surface area contributed by atoms with Gasteiger partial charge >= 0.3 is 0 Å². The second-order valence-electron chi connectivity index (χ2n) is 6.58. The monoisotopic (exact) mass is 321 g/mol. The maximum absolute atomic E-state index is 11.8. The normalized spacial score (nSPS) is 24.5. The highest BCUT2D eigenvalue weighted by molar-refractivity contribution is 5.85. The number of nitrogens with zero attached hydrogens (tertiary/aromatic N) is 3. The summed E-state index contributed by atoms with van der Waals surface area (Å²) in [7, 11) is 3.45. The molecule has 2 fully saturated rings. The van der Waals surface area contributed by atoms with Crippen LogP contribution in [0.1, 0.15) is 19.3 Å². The van der Waals surface area contributed by atoms with Crippen LogP contribution in [0.15, 0.2) is 17.6 Å². The van der Waals surface area contributed by atoms with Crippen molar-refractivity contribution in [2.24, 2.45) is 10.4 Å². The topological polar surface area (TPSA) is 77.0 Å². The van der Waals surface area contributed by atoms with E-state index in [4.69, 9.17) is 0 Å². The van der Waals surface area contributed by atoms with E-state index in [1.54, 1.807) is 20.2 Å². The van der Waals surface area contributed by atoms with Crippen molar-refractivity contribution >= 4 is 17.8 Å². The molecule has 0 aromatic heterocycles. The van der Waals surface area contributed by atoms with Gasteiger partial charge < -0.3 is 20.4 Å². The van der Waals surface area contributed by atoms with Gasteiger partial charge in [-0.25, -0.2) is 4.99 Å². The predicted octanol–water partition coefficient (Wildman–Crippen LogP) is -0.192. The molecule has 0 saturated carbocycles. The molecule has 2 amide bonds. The number of rotatable bonds is 4. The van der Waals surface area contributed by atoms with E-state index in [0.717, 1.165) is 38.4 Å². The van der Waals surface area contributed by atoms with Crippen LogP contribution in [0.2, 0.25) is 0 Å². The second kappa shape index (κ2) is 7.48. The summed E-state index contributed by atoms with van der Waals surface area (Å²) >= 11 is 0. The van der Waals surface area contributed by atoms with Crippen LogP contribution in [0.4, 0.5) is 0 Å². The van der Waals surface area contributed by atoms with Crippen molar-refractivity contribution in [3.63, 3.8) is 0 Å². The number of carbonyl (C=O) groups excluding carboxylic acids is 2. The Kier molecular flexibility index (Phi) is 5.63. The zero-order valence-electron chi connectivity index (χ0n) is 14.1. The minimum absolute atomic E-state index is 0.00246. The lowest BCUT2D eigenvalue weighted by atomic mass is 9.79. The van der Waals surface area contributed by atoms with Gasteiger partial charge in [-0.05, 0) is 12.8 Å². The summed E-state index contributed by atoms with van der Waals surface area (Å²) in [6.07, 6.45) is 4.41. The highest BCUT2D eigenvalue weighted by atomic mass is 16.2. The number of carbonyl (C=O) groups is 2. The number of aliphatic imine (C=N–C) groups is 1. The summed E-state index contributed by atoms with van der Waals surface area (Å²) in [6.45, 7) is 6.82. The van der Waals surface area contributed by atoms with E-state index in [2.05, 4.69) is 27.1 Å². The fourth-order valence-electron chi connectivity index (χ4n) is 3.14. The molecule has 2 aliphatic heterocycles. The van der Waals surface area contributed by atoms with Crippen LogP contribution >= 0.6 is 0 Å². The summed E-state index contributed by atoms with van der Waals surface area (Å²) in [6, 6.07) is 0. The van der Waals surface area contributed by atoms with E-state index in [9.17, 15) is 9.59 Å². The minimum atomic E-state index is -0.0349. The highest BCUT2D eigenvalue weighted by Gasteiger charge is 2.42. The van der Waals surface area contributed by atoms with E-state index in [1.165, 1.54) is 4.90 Å².